The molecule has 0 radical (unpaired) electrons. The maximum atomic E-state index is 14.2. The third-order valence-electron chi connectivity index (χ3n) is 7.82. The summed E-state index contributed by atoms with van der Waals surface area (Å²) in [5, 5.41) is 19.0. The van der Waals surface area contributed by atoms with Crippen LogP contribution in [0.25, 0.3) is 0 Å². The zero-order valence-corrected chi connectivity index (χ0v) is 18.7. The topological polar surface area (TPSA) is 120 Å². The van der Waals surface area contributed by atoms with Crippen LogP contribution in [0, 0.1) is 28.1 Å². The van der Waals surface area contributed by atoms with Crippen molar-refractivity contribution in [1.82, 2.24) is 9.97 Å². The van der Waals surface area contributed by atoms with E-state index in [0.29, 0.717) is 29.9 Å². The van der Waals surface area contributed by atoms with Crippen LogP contribution in [-0.4, -0.2) is 36.0 Å². The molecule has 2 aliphatic carbocycles. The van der Waals surface area contributed by atoms with Crippen LogP contribution in [0.2, 0.25) is 0 Å². The van der Waals surface area contributed by atoms with Crippen molar-refractivity contribution >= 4 is 17.6 Å². The molecule has 2 atom stereocenters. The van der Waals surface area contributed by atoms with Crippen LogP contribution >= 0.6 is 0 Å². The van der Waals surface area contributed by atoms with Crippen molar-refractivity contribution in [3.8, 4) is 12.1 Å². The first-order chi connectivity index (χ1) is 15.1. The Balaban J connectivity index is 1.94. The highest BCUT2D eigenvalue weighted by Crippen LogP contribution is 2.70. The monoisotopic (exact) mass is 429 g/mol. The minimum Gasteiger partial charge on any atom is -0.465 e. The zero-order valence-electron chi connectivity index (χ0n) is 18.7. The van der Waals surface area contributed by atoms with Crippen molar-refractivity contribution in [2.45, 2.75) is 44.4 Å². The smallest absolute Gasteiger partial charge is 0.339 e. The van der Waals surface area contributed by atoms with Gasteiger partial charge in [0.2, 0.25) is 5.91 Å². The van der Waals surface area contributed by atoms with Crippen molar-refractivity contribution in [2.75, 3.05) is 19.1 Å². The maximum absolute atomic E-state index is 14.2. The molecule has 1 fully saturated rings. The summed E-state index contributed by atoms with van der Waals surface area (Å²) in [6.07, 6.45) is 1.22. The lowest BCUT2D eigenvalue weighted by atomic mass is 9.63. The van der Waals surface area contributed by atoms with Gasteiger partial charge in [0.05, 0.1) is 35.2 Å². The average Bonchev–Trinajstić information content (AvgIpc) is 3.11. The van der Waals surface area contributed by atoms with E-state index in [4.69, 9.17) is 4.74 Å². The van der Waals surface area contributed by atoms with E-state index in [1.54, 1.807) is 31.3 Å². The summed E-state index contributed by atoms with van der Waals surface area (Å²) in [6, 6.07) is 10.7. The number of esters is 1. The van der Waals surface area contributed by atoms with Crippen LogP contribution < -0.4 is 4.90 Å². The quantitative estimate of drug-likeness (QED) is 0.688. The highest BCUT2D eigenvalue weighted by molar-refractivity contribution is 6.07. The lowest BCUT2D eigenvalue weighted by molar-refractivity contribution is -0.127. The second-order valence-electron chi connectivity index (χ2n) is 9.08. The summed E-state index contributed by atoms with van der Waals surface area (Å²) in [5.74, 6) is -0.769. The number of nitriles is 2. The number of ether oxygens (including phenoxy) is 1. The van der Waals surface area contributed by atoms with Crippen molar-refractivity contribution in [1.29, 1.82) is 10.5 Å². The summed E-state index contributed by atoms with van der Waals surface area (Å²) < 4.78 is 4.90. The Bertz CT molecular complexity index is 1260. The molecule has 0 N–H and O–H groups in total. The lowest BCUT2D eigenvalue weighted by Gasteiger charge is -2.41. The molecule has 2 aliphatic rings. The van der Waals surface area contributed by atoms with Crippen molar-refractivity contribution < 1.29 is 14.3 Å². The molecule has 2 unspecified atom stereocenters. The molecule has 1 saturated carbocycles. The standard InChI is InChI=1S/C24H23N5O3/c1-22(2)23(3)10-11-24(22,19-18(23)27-15(12-25)16(13-26)28-19)21(31)29(4)17-9-7-6-8-14(17)20(30)32-5/h6-9H,10-11H2,1-5H3. The summed E-state index contributed by atoms with van der Waals surface area (Å²) in [5.41, 5.74) is -0.470. The Hall–Kier alpha value is -3.78. The van der Waals surface area contributed by atoms with Crippen LogP contribution in [0.3, 0.4) is 0 Å². The number of hydrogen-bond acceptors (Lipinski definition) is 7. The van der Waals surface area contributed by atoms with Gasteiger partial charge in [0.25, 0.3) is 0 Å². The first-order valence-electron chi connectivity index (χ1n) is 10.3. The number of carbonyl (C=O) groups excluding carboxylic acids is 2. The Morgan fingerprint density at radius 3 is 2.22 bits per heavy atom. The molecule has 1 aromatic carbocycles. The van der Waals surface area contributed by atoms with Crippen LogP contribution in [0.15, 0.2) is 24.3 Å². The fourth-order valence-electron chi connectivity index (χ4n) is 5.56. The van der Waals surface area contributed by atoms with E-state index in [1.807, 2.05) is 32.9 Å². The first-order valence-corrected chi connectivity index (χ1v) is 10.3. The van der Waals surface area contributed by atoms with Gasteiger partial charge in [-0.1, -0.05) is 32.9 Å². The van der Waals surface area contributed by atoms with Crippen molar-refractivity contribution in [3.05, 3.63) is 52.6 Å². The Morgan fingerprint density at radius 2 is 1.62 bits per heavy atom. The van der Waals surface area contributed by atoms with E-state index < -0.39 is 22.2 Å². The number of methoxy groups -OCH3 is 1. The van der Waals surface area contributed by atoms with Crippen LogP contribution in [0.5, 0.6) is 0 Å². The molecule has 1 heterocycles. The van der Waals surface area contributed by atoms with Crippen molar-refractivity contribution in [2.24, 2.45) is 5.41 Å². The lowest BCUT2D eigenvalue weighted by Crippen LogP contribution is -2.52. The summed E-state index contributed by atoms with van der Waals surface area (Å²) in [7, 11) is 2.93. The normalized spacial score (nSPS) is 24.2. The molecular formula is C24H23N5O3. The second-order valence-corrected chi connectivity index (χ2v) is 9.08. The number of anilines is 1. The van der Waals surface area contributed by atoms with E-state index in [1.165, 1.54) is 12.0 Å². The molecular weight excluding hydrogens is 406 g/mol. The van der Waals surface area contributed by atoms with Gasteiger partial charge in [0.1, 0.15) is 12.1 Å². The number of amides is 1. The Morgan fingerprint density at radius 1 is 1.03 bits per heavy atom. The Kier molecular flexibility index (Phi) is 4.60. The third-order valence-corrected chi connectivity index (χ3v) is 7.82. The molecule has 2 aromatic rings. The molecule has 4 rings (SSSR count). The molecule has 1 amide bonds. The minimum atomic E-state index is -1.05. The van der Waals surface area contributed by atoms with E-state index in [9.17, 15) is 20.1 Å². The number of rotatable bonds is 3. The fraction of sp³-hybridized carbons (Fsp3) is 0.417. The van der Waals surface area contributed by atoms with Gasteiger partial charge in [-0.05, 0) is 30.4 Å². The molecule has 0 aliphatic heterocycles. The van der Waals surface area contributed by atoms with E-state index in [2.05, 4.69) is 9.97 Å². The molecule has 162 valence electrons. The molecule has 2 bridgehead atoms. The van der Waals surface area contributed by atoms with Gasteiger partial charge in [-0.3, -0.25) is 4.79 Å². The van der Waals surface area contributed by atoms with Gasteiger partial charge in [-0.15, -0.1) is 0 Å². The van der Waals surface area contributed by atoms with Crippen LogP contribution in [0.4, 0.5) is 5.69 Å². The number of aromatic nitrogens is 2. The molecule has 8 nitrogen and oxygen atoms in total. The zero-order chi connectivity index (χ0) is 23.5. The van der Waals surface area contributed by atoms with Crippen LogP contribution in [-0.2, 0) is 20.4 Å². The third kappa shape index (κ3) is 2.35. The molecule has 1 aromatic heterocycles. The molecule has 0 saturated heterocycles. The molecule has 0 spiro atoms. The predicted octanol–water partition coefficient (Wildman–Crippen LogP) is 3.00. The summed E-state index contributed by atoms with van der Waals surface area (Å²) in [6.45, 7) is 6.07. The Labute approximate surface area is 186 Å². The average molecular weight is 429 g/mol. The van der Waals surface area contributed by atoms with Gasteiger partial charge < -0.3 is 9.64 Å². The van der Waals surface area contributed by atoms with E-state index in [-0.39, 0.29) is 22.9 Å². The van der Waals surface area contributed by atoms with Crippen molar-refractivity contribution in [3.63, 3.8) is 0 Å². The van der Waals surface area contributed by atoms with Gasteiger partial charge in [-0.2, -0.15) is 10.5 Å². The number of para-hydroxylation sites is 1. The number of fused-ring (bicyclic) bond motifs is 5. The van der Waals surface area contributed by atoms with Gasteiger partial charge in [0, 0.05) is 12.5 Å². The number of likely N-dealkylation sites (N-methyl/N-ethyl adjacent to an activating group) is 1. The number of benzene rings is 1. The number of nitrogens with zero attached hydrogens (tertiary/aromatic N) is 5. The highest BCUT2D eigenvalue weighted by atomic mass is 16.5. The SMILES string of the molecule is COC(=O)c1ccccc1N(C)C(=O)C12CCC(C)(c3nc(C#N)c(C#N)nc31)C2(C)C. The molecule has 32 heavy (non-hydrogen) atoms. The summed E-state index contributed by atoms with van der Waals surface area (Å²) >= 11 is 0. The minimum absolute atomic E-state index is 0.0252. The summed E-state index contributed by atoms with van der Waals surface area (Å²) in [4.78, 5) is 37.1. The first kappa shape index (κ1) is 21.5. The number of hydrogen-bond donors (Lipinski definition) is 0. The van der Waals surface area contributed by atoms with E-state index >= 15 is 0 Å². The van der Waals surface area contributed by atoms with Gasteiger partial charge in [-0.25, -0.2) is 14.8 Å². The fourth-order valence-corrected chi connectivity index (χ4v) is 5.56. The van der Waals surface area contributed by atoms with Gasteiger partial charge >= 0.3 is 5.97 Å². The largest absolute Gasteiger partial charge is 0.465 e. The van der Waals surface area contributed by atoms with Gasteiger partial charge in [0.15, 0.2) is 11.4 Å². The van der Waals surface area contributed by atoms with Crippen LogP contribution in [0.1, 0.15) is 66.7 Å². The van der Waals surface area contributed by atoms with E-state index in [0.717, 1.165) is 0 Å². The predicted molar refractivity (Wildman–Crippen MR) is 115 cm³/mol. The maximum Gasteiger partial charge on any atom is 0.339 e. The number of carbonyl (C=O) groups is 2. The second kappa shape index (κ2) is 6.86. The highest BCUT2D eigenvalue weighted by Gasteiger charge is 2.73. The molecule has 8 heteroatoms.